The van der Waals surface area contributed by atoms with Gasteiger partial charge in [0.05, 0.1) is 0 Å². The SMILES string of the molecule is CC#CCCN(C)C1CCCNC1. The van der Waals surface area contributed by atoms with Crippen LogP contribution in [0.1, 0.15) is 26.2 Å². The molecule has 1 rings (SSSR count). The third kappa shape index (κ3) is 3.80. The first-order chi connectivity index (χ1) is 6.34. The Morgan fingerprint density at radius 2 is 2.38 bits per heavy atom. The van der Waals surface area contributed by atoms with E-state index in [9.17, 15) is 0 Å². The lowest BCUT2D eigenvalue weighted by Gasteiger charge is -2.31. The second-order valence-electron chi connectivity index (χ2n) is 3.66. The summed E-state index contributed by atoms with van der Waals surface area (Å²) < 4.78 is 0. The van der Waals surface area contributed by atoms with Gasteiger partial charge < -0.3 is 10.2 Å². The van der Waals surface area contributed by atoms with Gasteiger partial charge in [-0.2, -0.15) is 0 Å². The van der Waals surface area contributed by atoms with Gasteiger partial charge >= 0.3 is 0 Å². The summed E-state index contributed by atoms with van der Waals surface area (Å²) in [7, 11) is 2.20. The summed E-state index contributed by atoms with van der Waals surface area (Å²) in [5.74, 6) is 6.04. The maximum absolute atomic E-state index is 3.43. The average molecular weight is 180 g/mol. The second-order valence-corrected chi connectivity index (χ2v) is 3.66. The second kappa shape index (κ2) is 6.01. The molecular weight excluding hydrogens is 160 g/mol. The number of hydrogen-bond donors (Lipinski definition) is 1. The van der Waals surface area contributed by atoms with E-state index in [2.05, 4.69) is 29.1 Å². The molecule has 0 aliphatic carbocycles. The van der Waals surface area contributed by atoms with Crippen molar-refractivity contribution >= 4 is 0 Å². The monoisotopic (exact) mass is 180 g/mol. The molecule has 13 heavy (non-hydrogen) atoms. The molecule has 0 amide bonds. The Labute approximate surface area is 81.7 Å². The van der Waals surface area contributed by atoms with Gasteiger partial charge in [-0.3, -0.25) is 0 Å². The highest BCUT2D eigenvalue weighted by atomic mass is 15.1. The van der Waals surface area contributed by atoms with Crippen LogP contribution >= 0.6 is 0 Å². The summed E-state index contributed by atoms with van der Waals surface area (Å²) in [5.41, 5.74) is 0. The van der Waals surface area contributed by atoms with Crippen LogP contribution in [0.25, 0.3) is 0 Å². The van der Waals surface area contributed by atoms with Gasteiger partial charge in [0, 0.05) is 25.6 Å². The number of nitrogens with one attached hydrogen (secondary N) is 1. The van der Waals surface area contributed by atoms with Crippen molar-refractivity contribution < 1.29 is 0 Å². The van der Waals surface area contributed by atoms with Crippen molar-refractivity contribution in [2.24, 2.45) is 0 Å². The summed E-state index contributed by atoms with van der Waals surface area (Å²) in [5, 5.41) is 3.43. The Morgan fingerprint density at radius 1 is 1.54 bits per heavy atom. The molecule has 1 fully saturated rings. The zero-order valence-corrected chi connectivity index (χ0v) is 8.77. The van der Waals surface area contributed by atoms with Crippen molar-refractivity contribution in [3.8, 4) is 11.8 Å². The summed E-state index contributed by atoms with van der Waals surface area (Å²) in [6.07, 6.45) is 3.65. The maximum Gasteiger partial charge on any atom is 0.0218 e. The fraction of sp³-hybridized carbons (Fsp3) is 0.818. The summed E-state index contributed by atoms with van der Waals surface area (Å²) in [6.45, 7) is 5.35. The van der Waals surface area contributed by atoms with Crippen LogP contribution in [-0.2, 0) is 0 Å². The molecule has 2 heteroatoms. The highest BCUT2D eigenvalue weighted by Crippen LogP contribution is 2.08. The summed E-state index contributed by atoms with van der Waals surface area (Å²) in [4.78, 5) is 2.43. The van der Waals surface area contributed by atoms with Crippen molar-refractivity contribution in [2.45, 2.75) is 32.2 Å². The van der Waals surface area contributed by atoms with Crippen molar-refractivity contribution in [1.29, 1.82) is 0 Å². The van der Waals surface area contributed by atoms with Crippen molar-refractivity contribution in [2.75, 3.05) is 26.7 Å². The Morgan fingerprint density at radius 3 is 3.00 bits per heavy atom. The number of hydrogen-bond acceptors (Lipinski definition) is 2. The minimum Gasteiger partial charge on any atom is -0.315 e. The summed E-state index contributed by atoms with van der Waals surface area (Å²) in [6, 6.07) is 0.729. The van der Waals surface area contributed by atoms with E-state index in [0.717, 1.165) is 25.6 Å². The first-order valence-electron chi connectivity index (χ1n) is 5.15. The Kier molecular flexibility index (Phi) is 4.88. The van der Waals surface area contributed by atoms with E-state index in [0.29, 0.717) is 0 Å². The Balaban J connectivity index is 2.19. The molecule has 1 heterocycles. The molecular formula is C11H20N2. The standard InChI is InChI=1S/C11H20N2/c1-3-4-5-9-13(2)11-7-6-8-12-10-11/h11-12H,5-10H2,1-2H3. The lowest BCUT2D eigenvalue weighted by Crippen LogP contribution is -2.44. The molecule has 1 atom stereocenters. The van der Waals surface area contributed by atoms with Crippen molar-refractivity contribution in [3.05, 3.63) is 0 Å². The third-order valence-electron chi connectivity index (χ3n) is 2.66. The molecule has 74 valence electrons. The quantitative estimate of drug-likeness (QED) is 0.654. The molecule has 0 saturated carbocycles. The van der Waals surface area contributed by atoms with Gasteiger partial charge in [-0.05, 0) is 33.4 Å². The fourth-order valence-corrected chi connectivity index (χ4v) is 1.75. The predicted octanol–water partition coefficient (Wildman–Crippen LogP) is 1.08. The number of piperidine rings is 1. The first-order valence-corrected chi connectivity index (χ1v) is 5.15. The molecule has 1 unspecified atom stereocenters. The largest absolute Gasteiger partial charge is 0.315 e. The van der Waals surface area contributed by atoms with E-state index >= 15 is 0 Å². The lowest BCUT2D eigenvalue weighted by atomic mass is 10.1. The van der Waals surface area contributed by atoms with E-state index in [1.807, 2.05) is 6.92 Å². The maximum atomic E-state index is 3.43. The van der Waals surface area contributed by atoms with Gasteiger partial charge in [0.25, 0.3) is 0 Å². The molecule has 1 saturated heterocycles. The molecule has 0 bridgehead atoms. The van der Waals surface area contributed by atoms with Gasteiger partial charge in [0.15, 0.2) is 0 Å². The van der Waals surface area contributed by atoms with Crippen LogP contribution in [-0.4, -0.2) is 37.6 Å². The highest BCUT2D eigenvalue weighted by Gasteiger charge is 2.16. The van der Waals surface area contributed by atoms with Crippen LogP contribution in [0.4, 0.5) is 0 Å². The zero-order chi connectivity index (χ0) is 9.52. The summed E-state index contributed by atoms with van der Waals surface area (Å²) >= 11 is 0. The van der Waals surface area contributed by atoms with Gasteiger partial charge in [0.2, 0.25) is 0 Å². The minimum atomic E-state index is 0.729. The van der Waals surface area contributed by atoms with Crippen LogP contribution < -0.4 is 5.32 Å². The van der Waals surface area contributed by atoms with E-state index in [-0.39, 0.29) is 0 Å². The third-order valence-corrected chi connectivity index (χ3v) is 2.66. The number of likely N-dealkylation sites (N-methyl/N-ethyl adjacent to an activating group) is 1. The van der Waals surface area contributed by atoms with Crippen molar-refractivity contribution in [3.63, 3.8) is 0 Å². The molecule has 0 aromatic heterocycles. The molecule has 1 N–H and O–H groups in total. The van der Waals surface area contributed by atoms with Gasteiger partial charge in [-0.15, -0.1) is 11.8 Å². The van der Waals surface area contributed by atoms with E-state index in [4.69, 9.17) is 0 Å². The number of rotatable bonds is 3. The lowest BCUT2D eigenvalue weighted by molar-refractivity contribution is 0.207. The average Bonchev–Trinajstić information content (AvgIpc) is 2.19. The minimum absolute atomic E-state index is 0.729. The smallest absolute Gasteiger partial charge is 0.0218 e. The molecule has 0 spiro atoms. The first kappa shape index (κ1) is 10.6. The normalized spacial score (nSPS) is 22.5. The van der Waals surface area contributed by atoms with Gasteiger partial charge in [-0.25, -0.2) is 0 Å². The van der Waals surface area contributed by atoms with Crippen LogP contribution in [0.5, 0.6) is 0 Å². The number of nitrogens with zero attached hydrogens (tertiary/aromatic N) is 1. The van der Waals surface area contributed by atoms with Crippen LogP contribution in [0.2, 0.25) is 0 Å². The molecule has 0 aromatic carbocycles. The van der Waals surface area contributed by atoms with Crippen LogP contribution in [0.15, 0.2) is 0 Å². The van der Waals surface area contributed by atoms with E-state index < -0.39 is 0 Å². The highest BCUT2D eigenvalue weighted by molar-refractivity contribution is 4.95. The molecule has 2 nitrogen and oxygen atoms in total. The molecule has 1 aliphatic rings. The zero-order valence-electron chi connectivity index (χ0n) is 8.77. The van der Waals surface area contributed by atoms with Gasteiger partial charge in [-0.1, -0.05) is 0 Å². The molecule has 0 radical (unpaired) electrons. The Hall–Kier alpha value is -0.520. The fourth-order valence-electron chi connectivity index (χ4n) is 1.75. The topological polar surface area (TPSA) is 15.3 Å². The molecule has 0 aromatic rings. The van der Waals surface area contributed by atoms with Crippen LogP contribution in [0.3, 0.4) is 0 Å². The van der Waals surface area contributed by atoms with Gasteiger partial charge in [0.1, 0.15) is 0 Å². The molecule has 1 aliphatic heterocycles. The van der Waals surface area contributed by atoms with Crippen molar-refractivity contribution in [1.82, 2.24) is 10.2 Å². The van der Waals surface area contributed by atoms with Crippen LogP contribution in [0, 0.1) is 11.8 Å². The van der Waals surface area contributed by atoms with E-state index in [1.165, 1.54) is 19.4 Å². The Bertz CT molecular complexity index is 184. The van der Waals surface area contributed by atoms with E-state index in [1.54, 1.807) is 0 Å². The predicted molar refractivity (Wildman–Crippen MR) is 56.6 cm³/mol.